The van der Waals surface area contributed by atoms with E-state index in [-0.39, 0.29) is 17.4 Å². The van der Waals surface area contributed by atoms with Crippen molar-refractivity contribution in [2.45, 2.75) is 57.3 Å². The fraction of sp³-hybridized carbons (Fsp3) is 0.423. The lowest BCUT2D eigenvalue weighted by molar-refractivity contribution is -0.137. The first-order valence-electron chi connectivity index (χ1n) is 12.1. The van der Waals surface area contributed by atoms with Gasteiger partial charge in [0.1, 0.15) is 23.4 Å². The minimum absolute atomic E-state index is 0.0959. The Labute approximate surface area is 220 Å². The third-order valence-electron chi connectivity index (χ3n) is 6.14. The summed E-state index contributed by atoms with van der Waals surface area (Å²) in [5, 5.41) is 5.30. The van der Waals surface area contributed by atoms with Crippen molar-refractivity contribution >= 4 is 39.9 Å². The molecule has 0 heterocycles. The van der Waals surface area contributed by atoms with Crippen molar-refractivity contribution in [1.29, 1.82) is 0 Å². The standard InChI is InChI=1S/C26H29F4N3O4S/c1-17(25(36)32-20-7-3-2-4-8-20)33(22-9-5-6-18(14-22)26(28,29)30)24(35)16-38(37)15-23(34)31-21-12-10-19(27)11-13-21/h5-6,9-14,17,20H,2-4,7-8,15-16H2,1H3,(H,31,34)(H,32,36)/t17-,38-/m1/s1. The number of benzene rings is 2. The van der Waals surface area contributed by atoms with Crippen molar-refractivity contribution in [3.8, 4) is 0 Å². The Bertz CT molecular complexity index is 1170. The molecule has 2 aromatic rings. The second-order valence-electron chi connectivity index (χ2n) is 9.11. The van der Waals surface area contributed by atoms with Gasteiger partial charge in [-0.25, -0.2) is 4.39 Å². The molecule has 1 aliphatic carbocycles. The van der Waals surface area contributed by atoms with E-state index >= 15 is 0 Å². The van der Waals surface area contributed by atoms with Crippen molar-refractivity contribution in [2.75, 3.05) is 21.7 Å². The highest BCUT2D eigenvalue weighted by Gasteiger charge is 2.34. The predicted octanol–water partition coefficient (Wildman–Crippen LogP) is 4.40. The van der Waals surface area contributed by atoms with Crippen LogP contribution in [0.5, 0.6) is 0 Å². The number of nitrogens with one attached hydrogen (secondary N) is 2. The van der Waals surface area contributed by atoms with Gasteiger partial charge in [0.25, 0.3) is 0 Å². The number of amides is 3. The Morgan fingerprint density at radius 3 is 2.32 bits per heavy atom. The highest BCUT2D eigenvalue weighted by Crippen LogP contribution is 2.32. The monoisotopic (exact) mass is 555 g/mol. The lowest BCUT2D eigenvalue weighted by Gasteiger charge is -2.31. The smallest absolute Gasteiger partial charge is 0.352 e. The van der Waals surface area contributed by atoms with E-state index in [1.54, 1.807) is 0 Å². The molecular weight excluding hydrogens is 526 g/mol. The average molecular weight is 556 g/mol. The Kier molecular flexibility index (Phi) is 10.0. The van der Waals surface area contributed by atoms with Gasteiger partial charge < -0.3 is 10.6 Å². The van der Waals surface area contributed by atoms with E-state index in [0.29, 0.717) is 0 Å². The lowest BCUT2D eigenvalue weighted by Crippen LogP contribution is -2.52. The van der Waals surface area contributed by atoms with Crippen LogP contribution >= 0.6 is 0 Å². The summed E-state index contributed by atoms with van der Waals surface area (Å²) in [7, 11) is -2.04. The van der Waals surface area contributed by atoms with Gasteiger partial charge in [-0.05, 0) is 62.2 Å². The number of rotatable bonds is 9. The minimum atomic E-state index is -4.68. The first kappa shape index (κ1) is 29.3. The van der Waals surface area contributed by atoms with Crippen LogP contribution in [0.3, 0.4) is 0 Å². The van der Waals surface area contributed by atoms with Gasteiger partial charge in [0.2, 0.25) is 17.7 Å². The van der Waals surface area contributed by atoms with Crippen LogP contribution < -0.4 is 15.5 Å². The normalized spacial score (nSPS) is 15.8. The Balaban J connectivity index is 1.75. The number of hydrogen-bond acceptors (Lipinski definition) is 4. The van der Waals surface area contributed by atoms with Gasteiger partial charge in [0, 0.05) is 28.2 Å². The zero-order valence-electron chi connectivity index (χ0n) is 20.7. The van der Waals surface area contributed by atoms with Crippen LogP contribution in [0, 0.1) is 5.82 Å². The fourth-order valence-corrected chi connectivity index (χ4v) is 5.12. The average Bonchev–Trinajstić information content (AvgIpc) is 2.85. The second kappa shape index (κ2) is 13.0. The molecular formula is C26H29F4N3O4S. The summed E-state index contributed by atoms with van der Waals surface area (Å²) in [6.45, 7) is 1.39. The van der Waals surface area contributed by atoms with E-state index in [0.717, 1.165) is 67.3 Å². The number of anilines is 2. The predicted molar refractivity (Wildman–Crippen MR) is 136 cm³/mol. The molecule has 0 bridgehead atoms. The van der Waals surface area contributed by atoms with Crippen molar-refractivity contribution in [3.05, 3.63) is 59.9 Å². The summed E-state index contributed by atoms with van der Waals surface area (Å²) in [6, 6.07) is 7.57. The quantitative estimate of drug-likeness (QED) is 0.449. The molecule has 3 rings (SSSR count). The largest absolute Gasteiger partial charge is 0.416 e. The highest BCUT2D eigenvalue weighted by molar-refractivity contribution is 7.86. The van der Waals surface area contributed by atoms with Crippen molar-refractivity contribution < 1.29 is 36.2 Å². The SMILES string of the molecule is C[C@H](C(=O)NC1CCCCC1)N(C(=O)C[S@](=O)CC(=O)Nc1ccc(F)cc1)c1cccc(C(F)(F)F)c1. The number of carbonyl (C=O) groups is 3. The Morgan fingerprint density at radius 1 is 1.03 bits per heavy atom. The summed E-state index contributed by atoms with van der Waals surface area (Å²) in [6.07, 6.45) is -0.216. The van der Waals surface area contributed by atoms with Gasteiger partial charge >= 0.3 is 6.18 Å². The van der Waals surface area contributed by atoms with E-state index < -0.39 is 63.6 Å². The molecule has 0 aromatic heterocycles. The molecule has 7 nitrogen and oxygen atoms in total. The molecule has 0 aliphatic heterocycles. The summed E-state index contributed by atoms with van der Waals surface area (Å²) in [4.78, 5) is 39.4. The van der Waals surface area contributed by atoms with E-state index in [9.17, 15) is 36.2 Å². The van der Waals surface area contributed by atoms with Crippen LogP contribution in [0.2, 0.25) is 0 Å². The maximum absolute atomic E-state index is 13.4. The molecule has 206 valence electrons. The van der Waals surface area contributed by atoms with Gasteiger partial charge in [0.15, 0.2) is 0 Å². The molecule has 38 heavy (non-hydrogen) atoms. The van der Waals surface area contributed by atoms with Gasteiger partial charge in [-0.3, -0.25) is 23.5 Å². The molecule has 0 saturated heterocycles. The Morgan fingerprint density at radius 2 is 1.68 bits per heavy atom. The van der Waals surface area contributed by atoms with Gasteiger partial charge in [-0.1, -0.05) is 25.3 Å². The van der Waals surface area contributed by atoms with Crippen molar-refractivity contribution in [3.63, 3.8) is 0 Å². The van der Waals surface area contributed by atoms with Gasteiger partial charge in [-0.15, -0.1) is 0 Å². The molecule has 2 N–H and O–H groups in total. The number of nitrogens with zero attached hydrogens (tertiary/aromatic N) is 1. The molecule has 0 radical (unpaired) electrons. The van der Waals surface area contributed by atoms with E-state index in [2.05, 4.69) is 10.6 Å². The van der Waals surface area contributed by atoms with E-state index in [4.69, 9.17) is 0 Å². The summed E-state index contributed by atoms with van der Waals surface area (Å²) < 4.78 is 65.8. The third-order valence-corrected chi connectivity index (χ3v) is 7.30. The molecule has 3 amide bonds. The lowest BCUT2D eigenvalue weighted by atomic mass is 9.95. The molecule has 2 aromatic carbocycles. The molecule has 0 spiro atoms. The van der Waals surface area contributed by atoms with Crippen LogP contribution in [0.1, 0.15) is 44.6 Å². The summed E-state index contributed by atoms with van der Waals surface area (Å²) in [5.41, 5.74) is -0.922. The molecule has 1 aliphatic rings. The number of hydrogen-bond donors (Lipinski definition) is 2. The highest BCUT2D eigenvalue weighted by atomic mass is 32.2. The second-order valence-corrected chi connectivity index (χ2v) is 10.6. The molecule has 2 atom stereocenters. The van der Waals surface area contributed by atoms with Crippen LogP contribution in [-0.4, -0.2) is 45.5 Å². The molecule has 1 saturated carbocycles. The van der Waals surface area contributed by atoms with Crippen LogP contribution in [0.25, 0.3) is 0 Å². The van der Waals surface area contributed by atoms with Crippen LogP contribution in [0.4, 0.5) is 28.9 Å². The zero-order chi connectivity index (χ0) is 27.9. The number of carbonyl (C=O) groups excluding carboxylic acids is 3. The first-order valence-corrected chi connectivity index (χ1v) is 13.6. The van der Waals surface area contributed by atoms with Crippen LogP contribution in [0.15, 0.2) is 48.5 Å². The zero-order valence-corrected chi connectivity index (χ0v) is 21.5. The minimum Gasteiger partial charge on any atom is -0.352 e. The van der Waals surface area contributed by atoms with Gasteiger partial charge in [-0.2, -0.15) is 13.2 Å². The molecule has 12 heteroatoms. The van der Waals surface area contributed by atoms with E-state index in [1.807, 2.05) is 0 Å². The molecule has 0 unspecified atom stereocenters. The van der Waals surface area contributed by atoms with Crippen LogP contribution in [-0.2, 0) is 31.4 Å². The Hall–Kier alpha value is -3.28. The van der Waals surface area contributed by atoms with Crippen molar-refractivity contribution in [1.82, 2.24) is 5.32 Å². The summed E-state index contributed by atoms with van der Waals surface area (Å²) in [5.74, 6) is -3.90. The summed E-state index contributed by atoms with van der Waals surface area (Å²) >= 11 is 0. The number of alkyl halides is 3. The third kappa shape index (κ3) is 8.37. The maximum Gasteiger partial charge on any atom is 0.416 e. The topological polar surface area (TPSA) is 95.6 Å². The maximum atomic E-state index is 13.4. The number of halogens is 4. The fourth-order valence-electron chi connectivity index (χ4n) is 4.24. The molecule has 1 fully saturated rings. The van der Waals surface area contributed by atoms with Gasteiger partial charge in [0.05, 0.1) is 5.56 Å². The van der Waals surface area contributed by atoms with Crippen molar-refractivity contribution in [2.24, 2.45) is 0 Å². The van der Waals surface area contributed by atoms with E-state index in [1.165, 1.54) is 25.1 Å². The first-order chi connectivity index (χ1) is 17.9.